The van der Waals surface area contributed by atoms with Crippen LogP contribution in [0, 0.1) is 0 Å². The maximum absolute atomic E-state index is 5.97. The molecule has 0 aliphatic carbocycles. The van der Waals surface area contributed by atoms with Crippen molar-refractivity contribution in [1.82, 2.24) is 14.7 Å². The monoisotopic (exact) mass is 303 g/mol. The molecule has 0 fully saturated rings. The fraction of sp³-hybridized carbons (Fsp3) is 0.312. The molecular weight excluding hydrogens is 286 g/mol. The number of furan rings is 1. The first-order valence-electron chi connectivity index (χ1n) is 7.09. The van der Waals surface area contributed by atoms with Gasteiger partial charge >= 0.3 is 0 Å². The standard InChI is InChI=1S/C16H18ClN3O/c1-12(4-6-15-3-2-8-21-15)18-9-14-11-20-10-13(17)5-7-16(20)19-14/h2-3,5,7-8,10-12,18H,4,6,9H2,1H3. The Labute approximate surface area is 128 Å². The molecule has 3 rings (SSSR count). The Kier molecular flexibility index (Phi) is 4.27. The van der Waals surface area contributed by atoms with Crippen molar-refractivity contribution in [3.63, 3.8) is 0 Å². The summed E-state index contributed by atoms with van der Waals surface area (Å²) < 4.78 is 7.29. The van der Waals surface area contributed by atoms with Gasteiger partial charge < -0.3 is 14.1 Å². The smallest absolute Gasteiger partial charge is 0.137 e. The number of nitrogens with one attached hydrogen (secondary N) is 1. The van der Waals surface area contributed by atoms with Gasteiger partial charge in [-0.15, -0.1) is 0 Å². The van der Waals surface area contributed by atoms with Crippen molar-refractivity contribution in [3.8, 4) is 0 Å². The minimum absolute atomic E-state index is 0.406. The lowest BCUT2D eigenvalue weighted by Gasteiger charge is -2.11. The molecule has 0 saturated heterocycles. The number of imidazole rings is 1. The van der Waals surface area contributed by atoms with Gasteiger partial charge in [0.1, 0.15) is 11.4 Å². The van der Waals surface area contributed by atoms with Crippen molar-refractivity contribution in [2.45, 2.75) is 32.4 Å². The van der Waals surface area contributed by atoms with Crippen LogP contribution in [0.15, 0.2) is 47.3 Å². The highest BCUT2D eigenvalue weighted by atomic mass is 35.5. The van der Waals surface area contributed by atoms with Gasteiger partial charge in [0.15, 0.2) is 0 Å². The van der Waals surface area contributed by atoms with Gasteiger partial charge in [-0.2, -0.15) is 0 Å². The molecule has 0 aliphatic rings. The molecule has 1 N–H and O–H groups in total. The highest BCUT2D eigenvalue weighted by Crippen LogP contribution is 2.12. The molecular formula is C16H18ClN3O. The fourth-order valence-electron chi connectivity index (χ4n) is 2.30. The molecule has 110 valence electrons. The van der Waals surface area contributed by atoms with Gasteiger partial charge in [-0.25, -0.2) is 4.98 Å². The first-order chi connectivity index (χ1) is 10.2. The number of aryl methyl sites for hydroxylation is 1. The summed E-state index contributed by atoms with van der Waals surface area (Å²) in [7, 11) is 0. The molecule has 3 aromatic heterocycles. The third kappa shape index (κ3) is 3.65. The molecule has 0 spiro atoms. The number of hydrogen-bond donors (Lipinski definition) is 1. The first kappa shape index (κ1) is 14.2. The van der Waals surface area contributed by atoms with Crippen LogP contribution in [0.3, 0.4) is 0 Å². The number of rotatable bonds is 6. The lowest BCUT2D eigenvalue weighted by Crippen LogP contribution is -2.26. The number of pyridine rings is 1. The van der Waals surface area contributed by atoms with Crippen molar-refractivity contribution >= 4 is 17.2 Å². The zero-order chi connectivity index (χ0) is 14.7. The molecule has 0 bridgehead atoms. The minimum Gasteiger partial charge on any atom is -0.469 e. The highest BCUT2D eigenvalue weighted by molar-refractivity contribution is 6.30. The van der Waals surface area contributed by atoms with Crippen LogP contribution in [0.25, 0.3) is 5.65 Å². The molecule has 0 radical (unpaired) electrons. The maximum Gasteiger partial charge on any atom is 0.137 e. The quantitative estimate of drug-likeness (QED) is 0.755. The Morgan fingerprint density at radius 3 is 3.05 bits per heavy atom. The third-order valence-electron chi connectivity index (χ3n) is 3.50. The first-order valence-corrected chi connectivity index (χ1v) is 7.47. The minimum atomic E-state index is 0.406. The van der Waals surface area contributed by atoms with Gasteiger partial charge in [-0.3, -0.25) is 0 Å². The predicted octanol–water partition coefficient (Wildman–Crippen LogP) is 3.69. The normalized spacial score (nSPS) is 12.9. The van der Waals surface area contributed by atoms with Crippen LogP contribution in [0.1, 0.15) is 24.8 Å². The molecule has 0 aromatic carbocycles. The van der Waals surface area contributed by atoms with E-state index in [9.17, 15) is 0 Å². The predicted molar refractivity (Wildman–Crippen MR) is 83.5 cm³/mol. The number of halogens is 1. The van der Waals surface area contributed by atoms with E-state index >= 15 is 0 Å². The number of nitrogens with zero attached hydrogens (tertiary/aromatic N) is 2. The maximum atomic E-state index is 5.97. The summed E-state index contributed by atoms with van der Waals surface area (Å²) >= 11 is 5.97. The number of fused-ring (bicyclic) bond motifs is 1. The van der Waals surface area contributed by atoms with Crippen LogP contribution < -0.4 is 5.32 Å². The van der Waals surface area contributed by atoms with Crippen LogP contribution in [0.5, 0.6) is 0 Å². The van der Waals surface area contributed by atoms with E-state index in [0.717, 1.165) is 36.5 Å². The Hall–Kier alpha value is -1.78. The summed E-state index contributed by atoms with van der Waals surface area (Å²) in [6.45, 7) is 2.92. The average Bonchev–Trinajstić information content (AvgIpc) is 3.11. The van der Waals surface area contributed by atoms with E-state index in [1.807, 2.05) is 41.1 Å². The van der Waals surface area contributed by atoms with Crippen molar-refractivity contribution in [3.05, 3.63) is 59.4 Å². The van der Waals surface area contributed by atoms with Gasteiger partial charge in [0.2, 0.25) is 0 Å². The topological polar surface area (TPSA) is 42.5 Å². The summed E-state index contributed by atoms with van der Waals surface area (Å²) in [6, 6.07) is 8.12. The van der Waals surface area contributed by atoms with E-state index in [4.69, 9.17) is 16.0 Å². The molecule has 1 atom stereocenters. The van der Waals surface area contributed by atoms with E-state index in [0.29, 0.717) is 11.1 Å². The molecule has 4 nitrogen and oxygen atoms in total. The summed E-state index contributed by atoms with van der Waals surface area (Å²) in [5, 5.41) is 4.20. The third-order valence-corrected chi connectivity index (χ3v) is 3.72. The largest absolute Gasteiger partial charge is 0.469 e. The van der Waals surface area contributed by atoms with E-state index in [-0.39, 0.29) is 0 Å². The van der Waals surface area contributed by atoms with E-state index < -0.39 is 0 Å². The van der Waals surface area contributed by atoms with Gasteiger partial charge in [-0.05, 0) is 37.6 Å². The van der Waals surface area contributed by atoms with Crippen molar-refractivity contribution in [1.29, 1.82) is 0 Å². The van der Waals surface area contributed by atoms with Crippen LogP contribution in [0.4, 0.5) is 0 Å². The Morgan fingerprint density at radius 1 is 1.33 bits per heavy atom. The van der Waals surface area contributed by atoms with E-state index in [2.05, 4.69) is 17.2 Å². The van der Waals surface area contributed by atoms with Crippen LogP contribution in [-0.4, -0.2) is 15.4 Å². The van der Waals surface area contributed by atoms with Gasteiger partial charge in [0.05, 0.1) is 17.0 Å². The molecule has 5 heteroatoms. The van der Waals surface area contributed by atoms with E-state index in [1.165, 1.54) is 0 Å². The summed E-state index contributed by atoms with van der Waals surface area (Å²) in [5.41, 5.74) is 1.93. The summed E-state index contributed by atoms with van der Waals surface area (Å²) in [4.78, 5) is 4.56. The SMILES string of the molecule is CC(CCc1ccco1)NCc1cn2cc(Cl)ccc2n1. The average molecular weight is 304 g/mol. The highest BCUT2D eigenvalue weighted by Gasteiger charge is 2.06. The van der Waals surface area contributed by atoms with Crippen molar-refractivity contribution < 1.29 is 4.42 Å². The van der Waals surface area contributed by atoms with Gasteiger partial charge in [-0.1, -0.05) is 11.6 Å². The lowest BCUT2D eigenvalue weighted by atomic mass is 10.1. The molecule has 0 amide bonds. The Balaban J connectivity index is 1.53. The molecule has 0 saturated carbocycles. The molecule has 0 aliphatic heterocycles. The van der Waals surface area contributed by atoms with Gasteiger partial charge in [0.25, 0.3) is 0 Å². The second-order valence-electron chi connectivity index (χ2n) is 5.25. The lowest BCUT2D eigenvalue weighted by molar-refractivity contribution is 0.458. The molecule has 3 aromatic rings. The van der Waals surface area contributed by atoms with E-state index in [1.54, 1.807) is 6.26 Å². The van der Waals surface area contributed by atoms with Crippen LogP contribution in [-0.2, 0) is 13.0 Å². The zero-order valence-corrected chi connectivity index (χ0v) is 12.7. The summed E-state index contributed by atoms with van der Waals surface area (Å²) in [5.74, 6) is 1.03. The van der Waals surface area contributed by atoms with Crippen molar-refractivity contribution in [2.75, 3.05) is 0 Å². The van der Waals surface area contributed by atoms with Crippen molar-refractivity contribution in [2.24, 2.45) is 0 Å². The Morgan fingerprint density at radius 2 is 2.24 bits per heavy atom. The van der Waals surface area contributed by atoms with Crippen LogP contribution in [0.2, 0.25) is 5.02 Å². The number of aromatic nitrogens is 2. The second-order valence-corrected chi connectivity index (χ2v) is 5.68. The second kappa shape index (κ2) is 6.33. The molecule has 1 unspecified atom stereocenters. The molecule has 3 heterocycles. The van der Waals surface area contributed by atoms with Gasteiger partial charge in [0, 0.05) is 31.4 Å². The number of hydrogen-bond acceptors (Lipinski definition) is 3. The summed E-state index contributed by atoms with van der Waals surface area (Å²) in [6.07, 6.45) is 7.57. The Bertz CT molecular complexity index is 705. The fourth-order valence-corrected chi connectivity index (χ4v) is 2.46. The molecule has 21 heavy (non-hydrogen) atoms. The zero-order valence-electron chi connectivity index (χ0n) is 11.9. The van der Waals surface area contributed by atoms with Crippen LogP contribution >= 0.6 is 11.6 Å².